The third-order valence-corrected chi connectivity index (χ3v) is 2.09. The molecule has 1 heterocycles. The number of hydrogen-bond donors (Lipinski definition) is 3. The Bertz CT molecular complexity index is 426. The molecule has 3 N–H and O–H groups in total. The van der Waals surface area contributed by atoms with Crippen molar-refractivity contribution in [2.75, 3.05) is 11.9 Å². The maximum atomic E-state index is 12.4. The summed E-state index contributed by atoms with van der Waals surface area (Å²) < 4.78 is 37.1. The Morgan fingerprint density at radius 2 is 2.24 bits per heavy atom. The number of aliphatic hydroxyl groups excluding tert-OH is 1. The van der Waals surface area contributed by atoms with E-state index in [9.17, 15) is 18.0 Å². The molecule has 1 aromatic heterocycles. The van der Waals surface area contributed by atoms with Gasteiger partial charge in [-0.2, -0.15) is 13.2 Å². The summed E-state index contributed by atoms with van der Waals surface area (Å²) in [6.07, 6.45) is -4.19. The molecule has 0 aliphatic carbocycles. The topological polar surface area (TPSA) is 78.0 Å². The lowest BCUT2D eigenvalue weighted by Gasteiger charge is -2.15. The van der Waals surface area contributed by atoms with Crippen LogP contribution in [0, 0.1) is 0 Å². The molecule has 1 aromatic rings. The molecule has 0 amide bonds. The number of hydrogen-bond acceptors (Lipinski definition) is 4. The van der Waals surface area contributed by atoms with E-state index >= 15 is 0 Å². The van der Waals surface area contributed by atoms with E-state index in [1.165, 1.54) is 0 Å². The Labute approximate surface area is 94.7 Å². The summed E-state index contributed by atoms with van der Waals surface area (Å²) in [5.74, 6) is -0.300. The van der Waals surface area contributed by atoms with Crippen molar-refractivity contribution in [1.82, 2.24) is 9.97 Å². The van der Waals surface area contributed by atoms with Gasteiger partial charge in [-0.15, -0.1) is 0 Å². The van der Waals surface area contributed by atoms with Crippen LogP contribution < -0.4 is 10.9 Å². The van der Waals surface area contributed by atoms with Crippen molar-refractivity contribution in [3.63, 3.8) is 0 Å². The second-order valence-electron chi connectivity index (χ2n) is 3.41. The molecule has 0 aliphatic heterocycles. The van der Waals surface area contributed by atoms with Crippen LogP contribution in [0.5, 0.6) is 0 Å². The van der Waals surface area contributed by atoms with Crippen LogP contribution in [0.3, 0.4) is 0 Å². The van der Waals surface area contributed by atoms with Gasteiger partial charge >= 0.3 is 6.18 Å². The third kappa shape index (κ3) is 3.74. The van der Waals surface area contributed by atoms with E-state index in [2.05, 4.69) is 15.3 Å². The van der Waals surface area contributed by atoms with Crippen LogP contribution in [0.15, 0.2) is 10.9 Å². The van der Waals surface area contributed by atoms with Gasteiger partial charge in [-0.1, -0.05) is 6.92 Å². The van der Waals surface area contributed by atoms with E-state index in [1.807, 2.05) is 0 Å². The van der Waals surface area contributed by atoms with Gasteiger partial charge in [0, 0.05) is 6.07 Å². The van der Waals surface area contributed by atoms with Crippen molar-refractivity contribution < 1.29 is 18.3 Å². The number of alkyl halides is 3. The molecule has 0 saturated heterocycles. The fourth-order valence-electron chi connectivity index (χ4n) is 1.14. The maximum Gasteiger partial charge on any atom is 0.433 e. The van der Waals surface area contributed by atoms with Crippen molar-refractivity contribution in [2.24, 2.45) is 0 Å². The largest absolute Gasteiger partial charge is 0.433 e. The van der Waals surface area contributed by atoms with Gasteiger partial charge in [-0.25, -0.2) is 4.98 Å². The molecule has 0 fully saturated rings. The highest BCUT2D eigenvalue weighted by molar-refractivity contribution is 5.27. The van der Waals surface area contributed by atoms with Gasteiger partial charge in [-0.05, 0) is 6.42 Å². The van der Waals surface area contributed by atoms with Crippen LogP contribution in [0.25, 0.3) is 0 Å². The summed E-state index contributed by atoms with van der Waals surface area (Å²) in [7, 11) is 0. The van der Waals surface area contributed by atoms with Crippen molar-refractivity contribution in [3.8, 4) is 0 Å². The first kappa shape index (κ1) is 13.5. The van der Waals surface area contributed by atoms with Crippen LogP contribution in [-0.4, -0.2) is 27.7 Å². The molecule has 0 spiro atoms. The molecule has 1 unspecified atom stereocenters. The Hall–Kier alpha value is -1.57. The zero-order valence-corrected chi connectivity index (χ0v) is 9.01. The van der Waals surface area contributed by atoms with Gasteiger partial charge < -0.3 is 10.4 Å². The van der Waals surface area contributed by atoms with E-state index in [1.54, 1.807) is 6.92 Å². The lowest BCUT2D eigenvalue weighted by molar-refractivity contribution is -0.141. The number of nitrogens with zero attached hydrogens (tertiary/aromatic N) is 1. The van der Waals surface area contributed by atoms with E-state index < -0.39 is 23.5 Å². The SMILES string of the molecule is CCC(CO)Nc1nc(C(F)(F)F)cc(=O)[nH]1. The normalized spacial score (nSPS) is 13.5. The zero-order chi connectivity index (χ0) is 13.1. The van der Waals surface area contributed by atoms with Crippen LogP contribution in [0.2, 0.25) is 0 Å². The molecule has 0 aromatic carbocycles. The number of aromatic amines is 1. The zero-order valence-electron chi connectivity index (χ0n) is 9.01. The summed E-state index contributed by atoms with van der Waals surface area (Å²) >= 11 is 0. The quantitative estimate of drug-likeness (QED) is 0.745. The van der Waals surface area contributed by atoms with Gasteiger partial charge in [0.05, 0.1) is 12.6 Å². The first-order valence-electron chi connectivity index (χ1n) is 4.92. The lowest BCUT2D eigenvalue weighted by atomic mass is 10.2. The fourth-order valence-corrected chi connectivity index (χ4v) is 1.14. The van der Waals surface area contributed by atoms with Gasteiger partial charge in [0.15, 0.2) is 5.69 Å². The monoisotopic (exact) mass is 251 g/mol. The van der Waals surface area contributed by atoms with E-state index in [4.69, 9.17) is 5.11 Å². The summed E-state index contributed by atoms with van der Waals surface area (Å²) in [6, 6.07) is -0.0768. The van der Waals surface area contributed by atoms with Crippen LogP contribution in [-0.2, 0) is 6.18 Å². The highest BCUT2D eigenvalue weighted by Gasteiger charge is 2.33. The molecule has 96 valence electrons. The highest BCUT2D eigenvalue weighted by atomic mass is 19.4. The standard InChI is InChI=1S/C9H12F3N3O2/c1-2-5(4-16)13-8-14-6(9(10,11)12)3-7(17)15-8/h3,5,16H,2,4H2,1H3,(H2,13,14,15,17). The average Bonchev–Trinajstić information content (AvgIpc) is 2.24. The van der Waals surface area contributed by atoms with E-state index in [0.29, 0.717) is 12.5 Å². The number of halogens is 3. The number of aliphatic hydroxyl groups is 1. The summed E-state index contributed by atoms with van der Waals surface area (Å²) in [5.41, 5.74) is -2.17. The van der Waals surface area contributed by atoms with Crippen LogP contribution >= 0.6 is 0 Å². The maximum absolute atomic E-state index is 12.4. The Balaban J connectivity index is 3.02. The number of rotatable bonds is 4. The van der Waals surface area contributed by atoms with Crippen molar-refractivity contribution in [1.29, 1.82) is 0 Å². The Kier molecular flexibility index (Phi) is 4.11. The van der Waals surface area contributed by atoms with Gasteiger partial charge in [0.25, 0.3) is 5.56 Å². The number of anilines is 1. The number of aromatic nitrogens is 2. The molecule has 8 heteroatoms. The fraction of sp³-hybridized carbons (Fsp3) is 0.556. The molecule has 0 bridgehead atoms. The minimum atomic E-state index is -4.67. The molecule has 0 aliphatic rings. The summed E-state index contributed by atoms with van der Waals surface area (Å²) in [6.45, 7) is 1.47. The number of H-pyrrole nitrogens is 1. The second-order valence-corrected chi connectivity index (χ2v) is 3.41. The smallest absolute Gasteiger partial charge is 0.394 e. The predicted octanol–water partition coefficient (Wildman–Crippen LogP) is 0.972. The third-order valence-electron chi connectivity index (χ3n) is 2.09. The van der Waals surface area contributed by atoms with Crippen LogP contribution in [0.4, 0.5) is 19.1 Å². The summed E-state index contributed by atoms with van der Waals surface area (Å²) in [5, 5.41) is 11.4. The molecule has 0 radical (unpaired) electrons. The summed E-state index contributed by atoms with van der Waals surface area (Å²) in [4.78, 5) is 16.4. The Morgan fingerprint density at radius 3 is 2.71 bits per heavy atom. The minimum absolute atomic E-state index is 0.267. The molecule has 17 heavy (non-hydrogen) atoms. The van der Waals surface area contributed by atoms with E-state index in [0.717, 1.165) is 0 Å². The molecule has 1 atom stereocenters. The van der Waals surface area contributed by atoms with Crippen molar-refractivity contribution >= 4 is 5.95 Å². The molecule has 0 saturated carbocycles. The predicted molar refractivity (Wildman–Crippen MR) is 54.6 cm³/mol. The van der Waals surface area contributed by atoms with Gasteiger partial charge in [-0.3, -0.25) is 9.78 Å². The highest BCUT2D eigenvalue weighted by Crippen LogP contribution is 2.26. The Morgan fingerprint density at radius 1 is 1.59 bits per heavy atom. The molecular weight excluding hydrogens is 239 g/mol. The average molecular weight is 251 g/mol. The van der Waals surface area contributed by atoms with Gasteiger partial charge in [0.1, 0.15) is 0 Å². The van der Waals surface area contributed by atoms with Crippen molar-refractivity contribution in [2.45, 2.75) is 25.6 Å². The second kappa shape index (κ2) is 5.17. The molecular formula is C9H12F3N3O2. The molecule has 5 nitrogen and oxygen atoms in total. The van der Waals surface area contributed by atoms with Crippen molar-refractivity contribution in [3.05, 3.63) is 22.1 Å². The van der Waals surface area contributed by atoms with E-state index in [-0.39, 0.29) is 12.6 Å². The van der Waals surface area contributed by atoms with Gasteiger partial charge in [0.2, 0.25) is 5.95 Å². The lowest BCUT2D eigenvalue weighted by Crippen LogP contribution is -2.27. The molecule has 1 rings (SSSR count). The minimum Gasteiger partial charge on any atom is -0.394 e. The number of nitrogens with one attached hydrogen (secondary N) is 2. The first-order chi connectivity index (χ1) is 7.86. The van der Waals surface area contributed by atoms with Crippen LogP contribution in [0.1, 0.15) is 19.0 Å². The first-order valence-corrected chi connectivity index (χ1v) is 4.92.